The van der Waals surface area contributed by atoms with Crippen molar-refractivity contribution in [1.82, 2.24) is 15.1 Å². The lowest BCUT2D eigenvalue weighted by Crippen LogP contribution is -2.55. The van der Waals surface area contributed by atoms with E-state index >= 15 is 0 Å². The third kappa shape index (κ3) is 4.16. The molecular weight excluding hydrogens is 292 g/mol. The Balaban J connectivity index is 1.50. The van der Waals surface area contributed by atoms with E-state index in [0.29, 0.717) is 0 Å². The molecule has 3 rings (SSSR count). The van der Waals surface area contributed by atoms with Crippen molar-refractivity contribution in [3.05, 3.63) is 0 Å². The molecule has 0 aromatic carbocycles. The van der Waals surface area contributed by atoms with Gasteiger partial charge < -0.3 is 19.9 Å². The van der Waals surface area contributed by atoms with Crippen molar-refractivity contribution in [2.24, 2.45) is 16.8 Å². The number of rotatable bonds is 4. The number of carbonyl (C=O) groups is 1. The van der Waals surface area contributed by atoms with Crippen molar-refractivity contribution >= 4 is 11.9 Å². The molecule has 1 aliphatic carbocycles. The molecule has 23 heavy (non-hydrogen) atoms. The Bertz CT molecular complexity index is 440. The second-order valence-electron chi connectivity index (χ2n) is 6.98. The molecule has 0 bridgehead atoms. The largest absolute Gasteiger partial charge is 0.368 e. The number of amides is 1. The van der Waals surface area contributed by atoms with Gasteiger partial charge in [0, 0.05) is 45.9 Å². The number of nitrogens with zero attached hydrogens (tertiary/aromatic N) is 3. The fourth-order valence-electron chi connectivity index (χ4n) is 3.40. The molecule has 2 aliphatic heterocycles. The highest BCUT2D eigenvalue weighted by Crippen LogP contribution is 2.37. The second-order valence-corrected chi connectivity index (χ2v) is 6.98. The third-order valence-electron chi connectivity index (χ3n) is 5.18. The SMILES string of the molecule is CCNC(=NCC1CC1C)N1CCN(C(=O)C2CCCO2)CC1. The molecule has 3 unspecified atom stereocenters. The van der Waals surface area contributed by atoms with Gasteiger partial charge in [-0.25, -0.2) is 0 Å². The normalized spacial score (nSPS) is 31.4. The van der Waals surface area contributed by atoms with Crippen LogP contribution in [-0.4, -0.2) is 73.6 Å². The van der Waals surface area contributed by atoms with Gasteiger partial charge in [-0.05, 0) is 38.0 Å². The fraction of sp³-hybridized carbons (Fsp3) is 0.882. The van der Waals surface area contributed by atoms with Crippen LogP contribution >= 0.6 is 0 Å². The minimum atomic E-state index is -0.195. The third-order valence-corrected chi connectivity index (χ3v) is 5.18. The van der Waals surface area contributed by atoms with Crippen LogP contribution in [0.25, 0.3) is 0 Å². The van der Waals surface area contributed by atoms with Crippen molar-refractivity contribution in [3.63, 3.8) is 0 Å². The number of carbonyl (C=O) groups excluding carboxylic acids is 1. The summed E-state index contributed by atoms with van der Waals surface area (Å²) in [5.41, 5.74) is 0. The highest BCUT2D eigenvalue weighted by molar-refractivity contribution is 5.82. The first-order chi connectivity index (χ1) is 11.2. The zero-order valence-electron chi connectivity index (χ0n) is 14.5. The molecule has 3 aliphatic rings. The van der Waals surface area contributed by atoms with Gasteiger partial charge in [-0.1, -0.05) is 6.92 Å². The van der Waals surface area contributed by atoms with E-state index in [0.717, 1.165) is 76.5 Å². The summed E-state index contributed by atoms with van der Waals surface area (Å²) in [6.45, 7) is 10.2. The molecule has 130 valence electrons. The summed E-state index contributed by atoms with van der Waals surface area (Å²) in [5.74, 6) is 2.79. The summed E-state index contributed by atoms with van der Waals surface area (Å²) in [7, 11) is 0. The Morgan fingerprint density at radius 2 is 1.96 bits per heavy atom. The Morgan fingerprint density at radius 3 is 2.52 bits per heavy atom. The van der Waals surface area contributed by atoms with Crippen LogP contribution in [0.3, 0.4) is 0 Å². The van der Waals surface area contributed by atoms with Crippen LogP contribution < -0.4 is 5.32 Å². The van der Waals surface area contributed by atoms with Crippen LogP contribution in [0.1, 0.15) is 33.1 Å². The number of guanidine groups is 1. The molecule has 1 N–H and O–H groups in total. The van der Waals surface area contributed by atoms with Crippen LogP contribution in [0.15, 0.2) is 4.99 Å². The van der Waals surface area contributed by atoms with E-state index in [1.54, 1.807) is 0 Å². The molecule has 3 atom stereocenters. The zero-order valence-corrected chi connectivity index (χ0v) is 14.5. The molecule has 0 aromatic heterocycles. The van der Waals surface area contributed by atoms with Crippen molar-refractivity contribution < 1.29 is 9.53 Å². The molecule has 2 heterocycles. The van der Waals surface area contributed by atoms with Crippen molar-refractivity contribution in [2.75, 3.05) is 45.9 Å². The standard InChI is InChI=1S/C17H30N4O2/c1-3-18-17(19-12-14-11-13(14)2)21-8-6-20(7-9-21)16(22)15-5-4-10-23-15/h13-15H,3-12H2,1-2H3,(H,18,19). The minimum Gasteiger partial charge on any atom is -0.368 e. The van der Waals surface area contributed by atoms with Crippen LogP contribution in [0, 0.1) is 11.8 Å². The molecule has 6 heteroatoms. The maximum Gasteiger partial charge on any atom is 0.251 e. The van der Waals surface area contributed by atoms with E-state index in [-0.39, 0.29) is 12.0 Å². The Morgan fingerprint density at radius 1 is 1.26 bits per heavy atom. The topological polar surface area (TPSA) is 57.2 Å². The highest BCUT2D eigenvalue weighted by Gasteiger charge is 2.33. The number of ether oxygens (including phenoxy) is 1. The van der Waals surface area contributed by atoms with Crippen LogP contribution in [0.2, 0.25) is 0 Å². The first-order valence-corrected chi connectivity index (χ1v) is 9.12. The Hall–Kier alpha value is -1.30. The molecule has 1 amide bonds. The summed E-state index contributed by atoms with van der Waals surface area (Å²) < 4.78 is 5.52. The summed E-state index contributed by atoms with van der Waals surface area (Å²) in [5, 5.41) is 3.40. The van der Waals surface area contributed by atoms with Gasteiger partial charge in [0.05, 0.1) is 0 Å². The Kier molecular flexibility index (Phi) is 5.41. The number of hydrogen-bond acceptors (Lipinski definition) is 3. The summed E-state index contributed by atoms with van der Waals surface area (Å²) in [4.78, 5) is 21.4. The lowest BCUT2D eigenvalue weighted by atomic mass is 10.2. The lowest BCUT2D eigenvalue weighted by Gasteiger charge is -2.37. The molecule has 6 nitrogen and oxygen atoms in total. The average Bonchev–Trinajstić information content (AvgIpc) is 3.04. The molecule has 3 fully saturated rings. The molecule has 2 saturated heterocycles. The van der Waals surface area contributed by atoms with Gasteiger partial charge in [0.15, 0.2) is 5.96 Å². The van der Waals surface area contributed by atoms with Crippen molar-refractivity contribution in [3.8, 4) is 0 Å². The van der Waals surface area contributed by atoms with E-state index in [9.17, 15) is 4.79 Å². The van der Waals surface area contributed by atoms with Crippen molar-refractivity contribution in [2.45, 2.75) is 39.2 Å². The highest BCUT2D eigenvalue weighted by atomic mass is 16.5. The van der Waals surface area contributed by atoms with Crippen LogP contribution in [0.5, 0.6) is 0 Å². The number of nitrogens with one attached hydrogen (secondary N) is 1. The first kappa shape index (κ1) is 16.6. The predicted octanol–water partition coefficient (Wildman–Crippen LogP) is 0.931. The molecule has 0 spiro atoms. The van der Waals surface area contributed by atoms with E-state index in [2.05, 4.69) is 24.1 Å². The summed E-state index contributed by atoms with van der Waals surface area (Å²) in [6, 6.07) is 0. The zero-order chi connectivity index (χ0) is 16.2. The van der Waals surface area contributed by atoms with Gasteiger partial charge in [0.1, 0.15) is 6.10 Å². The monoisotopic (exact) mass is 322 g/mol. The number of piperazine rings is 1. The maximum atomic E-state index is 12.4. The van der Waals surface area contributed by atoms with Gasteiger partial charge in [-0.15, -0.1) is 0 Å². The molecule has 1 saturated carbocycles. The maximum absolute atomic E-state index is 12.4. The van der Waals surface area contributed by atoms with Crippen LogP contribution in [-0.2, 0) is 9.53 Å². The molecular formula is C17H30N4O2. The Labute approximate surface area is 139 Å². The molecule has 0 aromatic rings. The second kappa shape index (κ2) is 7.51. The fourth-order valence-corrected chi connectivity index (χ4v) is 3.40. The van der Waals surface area contributed by atoms with E-state index < -0.39 is 0 Å². The number of aliphatic imine (C=N–C) groups is 1. The van der Waals surface area contributed by atoms with Gasteiger partial charge in [0.25, 0.3) is 5.91 Å². The number of hydrogen-bond donors (Lipinski definition) is 1. The van der Waals surface area contributed by atoms with Gasteiger partial charge in [0.2, 0.25) is 0 Å². The average molecular weight is 322 g/mol. The summed E-state index contributed by atoms with van der Waals surface area (Å²) >= 11 is 0. The smallest absolute Gasteiger partial charge is 0.251 e. The summed E-state index contributed by atoms with van der Waals surface area (Å²) in [6.07, 6.45) is 3.00. The molecule has 0 radical (unpaired) electrons. The van der Waals surface area contributed by atoms with Gasteiger partial charge in [-0.2, -0.15) is 0 Å². The quantitative estimate of drug-likeness (QED) is 0.618. The van der Waals surface area contributed by atoms with Crippen molar-refractivity contribution in [1.29, 1.82) is 0 Å². The minimum absolute atomic E-state index is 0.177. The van der Waals surface area contributed by atoms with E-state index in [1.165, 1.54) is 6.42 Å². The van der Waals surface area contributed by atoms with Gasteiger partial charge in [-0.3, -0.25) is 9.79 Å². The predicted molar refractivity (Wildman–Crippen MR) is 90.4 cm³/mol. The van der Waals surface area contributed by atoms with Crippen LogP contribution in [0.4, 0.5) is 0 Å². The van der Waals surface area contributed by atoms with E-state index in [1.807, 2.05) is 4.90 Å². The van der Waals surface area contributed by atoms with Gasteiger partial charge >= 0.3 is 0 Å². The van der Waals surface area contributed by atoms with E-state index in [4.69, 9.17) is 9.73 Å². The lowest BCUT2D eigenvalue weighted by molar-refractivity contribution is -0.142. The first-order valence-electron chi connectivity index (χ1n) is 9.12.